The van der Waals surface area contributed by atoms with Crippen LogP contribution >= 0.6 is 0 Å². The van der Waals surface area contributed by atoms with Gasteiger partial charge in [0.1, 0.15) is 13.0 Å². The van der Waals surface area contributed by atoms with Crippen LogP contribution in [-0.4, -0.2) is 46.0 Å². The fraction of sp³-hybridized carbons (Fsp3) is 0.421. The van der Waals surface area contributed by atoms with Gasteiger partial charge in [-0.3, -0.25) is 0 Å². The van der Waals surface area contributed by atoms with Gasteiger partial charge in [0.15, 0.2) is 5.65 Å². The number of aromatic nitrogens is 4. The van der Waals surface area contributed by atoms with Gasteiger partial charge in [-0.05, 0) is 18.6 Å². The molecule has 0 saturated carbocycles. The zero-order valence-corrected chi connectivity index (χ0v) is 15.2. The third-order valence-electron chi connectivity index (χ3n) is 4.27. The number of benzene rings is 1. The van der Waals surface area contributed by atoms with Crippen LogP contribution in [0.5, 0.6) is 0 Å². The molecular formula is C19H24FN5O. The molecule has 2 heterocycles. The van der Waals surface area contributed by atoms with Crippen molar-refractivity contribution in [2.24, 2.45) is 0 Å². The molecule has 0 aliphatic heterocycles. The number of alkyl halides is 1. The molecule has 0 fully saturated rings. The van der Waals surface area contributed by atoms with Crippen LogP contribution in [0.15, 0.2) is 42.9 Å². The van der Waals surface area contributed by atoms with Crippen molar-refractivity contribution >= 4 is 17.3 Å². The van der Waals surface area contributed by atoms with Crippen LogP contribution in [0.25, 0.3) is 5.65 Å². The number of hydrogen-bond acceptors (Lipinski definition) is 5. The number of nitrogens with zero attached hydrogens (tertiary/aromatic N) is 5. The zero-order chi connectivity index (χ0) is 18.4. The van der Waals surface area contributed by atoms with Gasteiger partial charge in [-0.1, -0.05) is 31.5 Å². The second-order valence-electron chi connectivity index (χ2n) is 6.18. The second-order valence-corrected chi connectivity index (χ2v) is 6.18. The Morgan fingerprint density at radius 3 is 2.77 bits per heavy atom. The van der Waals surface area contributed by atoms with Crippen molar-refractivity contribution in [3.8, 4) is 0 Å². The summed E-state index contributed by atoms with van der Waals surface area (Å²) in [7, 11) is 1.93. The molecule has 138 valence electrons. The lowest BCUT2D eigenvalue weighted by atomic mass is 10.1. The van der Waals surface area contributed by atoms with Crippen molar-refractivity contribution in [1.29, 1.82) is 0 Å². The normalized spacial score (nSPS) is 12.4. The van der Waals surface area contributed by atoms with Crippen molar-refractivity contribution in [3.05, 3.63) is 48.4 Å². The Hall–Kier alpha value is -2.54. The van der Waals surface area contributed by atoms with Crippen molar-refractivity contribution in [3.63, 3.8) is 0 Å². The molecule has 0 radical (unpaired) electrons. The summed E-state index contributed by atoms with van der Waals surface area (Å²) in [5.41, 5.74) is 2.53. The number of unbranched alkanes of at least 4 members (excludes halogenated alkanes) is 1. The molecule has 0 aliphatic carbocycles. The lowest BCUT2D eigenvalue weighted by Gasteiger charge is -2.18. The highest BCUT2D eigenvalue weighted by Gasteiger charge is 2.17. The number of hydrogen-bond donors (Lipinski definition) is 0. The number of fused-ring (bicyclic) bond motifs is 1. The van der Waals surface area contributed by atoms with Crippen LogP contribution in [0.3, 0.4) is 0 Å². The highest BCUT2D eigenvalue weighted by atomic mass is 19.1. The van der Waals surface area contributed by atoms with Crippen LogP contribution in [-0.2, 0) is 11.2 Å². The van der Waals surface area contributed by atoms with E-state index in [0.717, 1.165) is 24.1 Å². The minimum Gasteiger partial charge on any atom is -0.375 e. The van der Waals surface area contributed by atoms with Crippen molar-refractivity contribution in [1.82, 2.24) is 19.6 Å². The van der Waals surface area contributed by atoms with E-state index in [1.165, 1.54) is 6.33 Å². The standard InChI is InChI=1S/C19H24FN5O/c1-3-4-10-26-17(12-20)11-15-13-23-25-18(15)21-14-22-19(25)24(2)16-8-6-5-7-9-16/h5-9,13-14,17H,3-4,10-12H2,1-2H3. The fourth-order valence-corrected chi connectivity index (χ4v) is 2.79. The molecule has 0 spiro atoms. The third-order valence-corrected chi connectivity index (χ3v) is 4.27. The van der Waals surface area contributed by atoms with E-state index < -0.39 is 12.8 Å². The maximum Gasteiger partial charge on any atom is 0.234 e. The lowest BCUT2D eigenvalue weighted by molar-refractivity contribution is 0.0348. The minimum atomic E-state index is -0.525. The summed E-state index contributed by atoms with van der Waals surface area (Å²) in [6, 6.07) is 9.91. The summed E-state index contributed by atoms with van der Waals surface area (Å²) in [4.78, 5) is 10.7. The van der Waals surface area contributed by atoms with E-state index in [-0.39, 0.29) is 0 Å². The first-order chi connectivity index (χ1) is 12.7. The maximum absolute atomic E-state index is 13.3. The molecule has 1 unspecified atom stereocenters. The summed E-state index contributed by atoms with van der Waals surface area (Å²) in [6.07, 6.45) is 5.16. The quantitative estimate of drug-likeness (QED) is 0.548. The molecule has 0 bridgehead atoms. The summed E-state index contributed by atoms with van der Waals surface area (Å²) < 4.78 is 20.6. The zero-order valence-electron chi connectivity index (χ0n) is 15.2. The molecule has 6 nitrogen and oxygen atoms in total. The number of rotatable bonds is 9. The molecule has 3 aromatic rings. The molecule has 26 heavy (non-hydrogen) atoms. The highest BCUT2D eigenvalue weighted by molar-refractivity contribution is 5.59. The Bertz CT molecular complexity index is 823. The van der Waals surface area contributed by atoms with Gasteiger partial charge in [0.25, 0.3) is 0 Å². The molecule has 0 N–H and O–H groups in total. The monoisotopic (exact) mass is 357 g/mol. The Labute approximate surface area is 152 Å². The van der Waals surface area contributed by atoms with Crippen molar-refractivity contribution in [2.45, 2.75) is 32.3 Å². The maximum atomic E-state index is 13.3. The topological polar surface area (TPSA) is 55.6 Å². The molecule has 0 amide bonds. The van der Waals surface area contributed by atoms with E-state index in [1.807, 2.05) is 42.3 Å². The van der Waals surface area contributed by atoms with Gasteiger partial charge in [-0.25, -0.2) is 14.4 Å². The summed E-state index contributed by atoms with van der Waals surface area (Å²) >= 11 is 0. The van der Waals surface area contributed by atoms with E-state index in [9.17, 15) is 4.39 Å². The summed E-state index contributed by atoms with van der Waals surface area (Å²) in [5, 5.41) is 4.42. The van der Waals surface area contributed by atoms with E-state index >= 15 is 0 Å². The average Bonchev–Trinajstić information content (AvgIpc) is 3.10. The van der Waals surface area contributed by atoms with E-state index in [0.29, 0.717) is 24.6 Å². The Balaban J connectivity index is 1.84. The SMILES string of the molecule is CCCCOC(CF)Cc1cnn2c(N(C)c3ccccc3)ncnc12. The van der Waals surface area contributed by atoms with E-state index in [2.05, 4.69) is 22.0 Å². The summed E-state index contributed by atoms with van der Waals surface area (Å²) in [6.45, 7) is 2.13. The van der Waals surface area contributed by atoms with Gasteiger partial charge in [-0.2, -0.15) is 9.61 Å². The van der Waals surface area contributed by atoms with Gasteiger partial charge in [0.05, 0.1) is 12.3 Å². The first-order valence-electron chi connectivity index (χ1n) is 8.88. The number of halogens is 1. The molecular weight excluding hydrogens is 333 g/mol. The largest absolute Gasteiger partial charge is 0.375 e. The number of ether oxygens (including phenoxy) is 1. The first kappa shape index (κ1) is 18.3. The second kappa shape index (κ2) is 8.71. The predicted molar refractivity (Wildman–Crippen MR) is 99.6 cm³/mol. The Morgan fingerprint density at radius 2 is 2.04 bits per heavy atom. The Kier molecular flexibility index (Phi) is 6.12. The highest BCUT2D eigenvalue weighted by Crippen LogP contribution is 2.22. The molecule has 1 atom stereocenters. The van der Waals surface area contributed by atoms with Crippen molar-refractivity contribution in [2.75, 3.05) is 25.2 Å². The van der Waals surface area contributed by atoms with Gasteiger partial charge < -0.3 is 9.64 Å². The van der Waals surface area contributed by atoms with Crippen LogP contribution in [0, 0.1) is 0 Å². The van der Waals surface area contributed by atoms with Crippen LogP contribution in [0.1, 0.15) is 25.3 Å². The van der Waals surface area contributed by atoms with E-state index in [4.69, 9.17) is 4.74 Å². The molecule has 2 aromatic heterocycles. The minimum absolute atomic E-state index is 0.440. The first-order valence-corrected chi connectivity index (χ1v) is 8.88. The molecule has 0 aliphatic rings. The van der Waals surface area contributed by atoms with Gasteiger partial charge in [0, 0.05) is 31.3 Å². The van der Waals surface area contributed by atoms with Crippen LogP contribution < -0.4 is 4.90 Å². The molecule has 1 aromatic carbocycles. The summed E-state index contributed by atoms with van der Waals surface area (Å²) in [5.74, 6) is 0.649. The molecule has 3 rings (SSSR count). The number of anilines is 2. The van der Waals surface area contributed by atoms with Crippen LogP contribution in [0.4, 0.5) is 16.0 Å². The average molecular weight is 357 g/mol. The fourth-order valence-electron chi connectivity index (χ4n) is 2.79. The van der Waals surface area contributed by atoms with Gasteiger partial charge >= 0.3 is 0 Å². The predicted octanol–water partition coefficient (Wildman–Crippen LogP) is 3.59. The molecule has 7 heteroatoms. The van der Waals surface area contributed by atoms with Crippen LogP contribution in [0.2, 0.25) is 0 Å². The van der Waals surface area contributed by atoms with E-state index in [1.54, 1.807) is 10.7 Å². The van der Waals surface area contributed by atoms with Crippen molar-refractivity contribution < 1.29 is 9.13 Å². The number of para-hydroxylation sites is 1. The Morgan fingerprint density at radius 1 is 1.23 bits per heavy atom. The smallest absolute Gasteiger partial charge is 0.234 e. The van der Waals surface area contributed by atoms with Gasteiger partial charge in [-0.15, -0.1) is 0 Å². The van der Waals surface area contributed by atoms with Gasteiger partial charge in [0.2, 0.25) is 5.95 Å². The lowest BCUT2D eigenvalue weighted by Crippen LogP contribution is -2.19. The third kappa shape index (κ3) is 3.99. The molecule has 0 saturated heterocycles.